The number of anilines is 2. The fourth-order valence-corrected chi connectivity index (χ4v) is 7.50. The molecule has 8 rings (SSSR count). The highest BCUT2D eigenvalue weighted by Gasteiger charge is 2.43. The van der Waals surface area contributed by atoms with Gasteiger partial charge in [-0.3, -0.25) is 19.1 Å². The van der Waals surface area contributed by atoms with E-state index in [-0.39, 0.29) is 11.2 Å². The number of nitrogens with two attached hydrogens (primary N) is 1. The SMILES string of the molecule is COc1c(N2CCCC3(CCN(Cc4ccc(-n5c(-c6cccnc6N)nc6ccc(-c7ccccc7)nc65)cc4)C3)C2)c(=O)c1=O. The minimum absolute atomic E-state index is 0.0966. The van der Waals surface area contributed by atoms with Gasteiger partial charge in [-0.2, -0.15) is 0 Å². The van der Waals surface area contributed by atoms with E-state index >= 15 is 0 Å². The summed E-state index contributed by atoms with van der Waals surface area (Å²) >= 11 is 0. The number of benzene rings is 2. The van der Waals surface area contributed by atoms with Gasteiger partial charge in [0.25, 0.3) is 10.9 Å². The number of piperidine rings is 1. The van der Waals surface area contributed by atoms with Crippen molar-refractivity contribution in [2.45, 2.75) is 25.8 Å². The summed E-state index contributed by atoms with van der Waals surface area (Å²) in [4.78, 5) is 43.3. The third-order valence-electron chi connectivity index (χ3n) is 9.80. The number of aromatic nitrogens is 4. The third-order valence-corrected chi connectivity index (χ3v) is 9.80. The van der Waals surface area contributed by atoms with Crippen LogP contribution in [0.3, 0.4) is 0 Å². The number of hydrogen-bond acceptors (Lipinski definition) is 9. The summed E-state index contributed by atoms with van der Waals surface area (Å²) < 4.78 is 7.31. The van der Waals surface area contributed by atoms with Crippen molar-refractivity contribution in [1.82, 2.24) is 24.4 Å². The Morgan fingerprint density at radius 1 is 0.872 bits per heavy atom. The summed E-state index contributed by atoms with van der Waals surface area (Å²) in [6, 6.07) is 26.5. The normalized spacial score (nSPS) is 18.4. The Kier molecular flexibility index (Phi) is 7.10. The van der Waals surface area contributed by atoms with E-state index in [0.29, 0.717) is 17.3 Å². The lowest BCUT2D eigenvalue weighted by Crippen LogP contribution is -2.50. The molecule has 47 heavy (non-hydrogen) atoms. The molecule has 1 spiro atoms. The van der Waals surface area contributed by atoms with Crippen LogP contribution in [0.1, 0.15) is 24.8 Å². The fraction of sp³-hybridized carbons (Fsp3) is 0.270. The van der Waals surface area contributed by atoms with Gasteiger partial charge in [-0.1, -0.05) is 42.5 Å². The van der Waals surface area contributed by atoms with Crippen LogP contribution < -0.4 is 26.2 Å². The molecule has 1 unspecified atom stereocenters. The Morgan fingerprint density at radius 2 is 1.70 bits per heavy atom. The summed E-state index contributed by atoms with van der Waals surface area (Å²) in [5, 5.41) is 0. The molecule has 0 bridgehead atoms. The second kappa shape index (κ2) is 11.5. The van der Waals surface area contributed by atoms with E-state index in [1.807, 2.05) is 42.5 Å². The summed E-state index contributed by atoms with van der Waals surface area (Å²) in [5.74, 6) is 1.32. The van der Waals surface area contributed by atoms with Crippen molar-refractivity contribution in [3.05, 3.63) is 111 Å². The number of rotatable bonds is 7. The van der Waals surface area contributed by atoms with Gasteiger partial charge in [0.05, 0.1) is 18.4 Å². The maximum atomic E-state index is 12.4. The molecule has 236 valence electrons. The Bertz CT molecular complexity index is 2170. The lowest BCUT2D eigenvalue weighted by Gasteiger charge is -2.42. The smallest absolute Gasteiger partial charge is 0.272 e. The van der Waals surface area contributed by atoms with E-state index < -0.39 is 10.9 Å². The first-order valence-corrected chi connectivity index (χ1v) is 16.0. The molecule has 2 N–H and O–H groups in total. The molecule has 0 amide bonds. The van der Waals surface area contributed by atoms with E-state index in [9.17, 15) is 9.59 Å². The van der Waals surface area contributed by atoms with Crippen LogP contribution in [0.4, 0.5) is 11.5 Å². The van der Waals surface area contributed by atoms with Crippen LogP contribution in [0, 0.1) is 5.41 Å². The zero-order chi connectivity index (χ0) is 32.1. The van der Waals surface area contributed by atoms with Gasteiger partial charge in [-0.25, -0.2) is 15.0 Å². The Balaban J connectivity index is 1.06. The second-order valence-corrected chi connectivity index (χ2v) is 12.8. The van der Waals surface area contributed by atoms with Gasteiger partial charge in [0.1, 0.15) is 17.0 Å². The second-order valence-electron chi connectivity index (χ2n) is 12.8. The minimum atomic E-state index is -0.509. The number of pyridine rings is 2. The number of ether oxygens (including phenoxy) is 1. The molecule has 2 aliphatic rings. The number of nitrogens with zero attached hydrogens (tertiary/aromatic N) is 6. The van der Waals surface area contributed by atoms with Crippen molar-refractivity contribution in [3.8, 4) is 34.1 Å². The maximum Gasteiger partial charge on any atom is 0.272 e. The Morgan fingerprint density at radius 3 is 2.49 bits per heavy atom. The van der Waals surface area contributed by atoms with Gasteiger partial charge in [0.2, 0.25) is 0 Å². The first kappa shape index (κ1) is 29.1. The molecule has 0 radical (unpaired) electrons. The predicted molar refractivity (Wildman–Crippen MR) is 184 cm³/mol. The topological polar surface area (TPSA) is 119 Å². The summed E-state index contributed by atoms with van der Waals surface area (Å²) in [7, 11) is 1.46. The average molecular weight is 626 g/mol. The highest BCUT2D eigenvalue weighted by molar-refractivity contribution is 5.84. The molecule has 2 fully saturated rings. The molecule has 1 atom stereocenters. The zero-order valence-corrected chi connectivity index (χ0v) is 26.2. The highest BCUT2D eigenvalue weighted by Crippen LogP contribution is 2.41. The molecular weight excluding hydrogens is 590 g/mol. The van der Waals surface area contributed by atoms with E-state index in [1.54, 1.807) is 6.20 Å². The molecule has 2 saturated heterocycles. The maximum absolute atomic E-state index is 12.4. The molecule has 5 heterocycles. The summed E-state index contributed by atoms with van der Waals surface area (Å²) in [6.07, 6.45) is 4.85. The highest BCUT2D eigenvalue weighted by atomic mass is 16.5. The number of imidazole rings is 1. The Labute approximate surface area is 271 Å². The van der Waals surface area contributed by atoms with Crippen LogP contribution in [0.15, 0.2) is 94.6 Å². The molecule has 3 aromatic heterocycles. The van der Waals surface area contributed by atoms with Crippen molar-refractivity contribution in [2.75, 3.05) is 43.9 Å². The summed E-state index contributed by atoms with van der Waals surface area (Å²) in [5.41, 5.74) is 12.3. The van der Waals surface area contributed by atoms with Gasteiger partial charge in [-0.05, 0) is 67.8 Å². The quantitative estimate of drug-likeness (QED) is 0.249. The molecule has 10 nitrogen and oxygen atoms in total. The number of nitrogen functional groups attached to an aromatic ring is 1. The molecule has 3 aromatic carbocycles. The molecular formula is C37H35N7O3. The van der Waals surface area contributed by atoms with Crippen molar-refractivity contribution >= 4 is 22.7 Å². The van der Waals surface area contributed by atoms with Crippen LogP contribution >= 0.6 is 0 Å². The number of likely N-dealkylation sites (tertiary alicyclic amines) is 1. The van der Waals surface area contributed by atoms with Crippen molar-refractivity contribution < 1.29 is 4.74 Å². The van der Waals surface area contributed by atoms with Crippen molar-refractivity contribution in [1.29, 1.82) is 0 Å². The number of hydrogen-bond donors (Lipinski definition) is 1. The molecule has 10 heteroatoms. The first-order valence-electron chi connectivity index (χ1n) is 16.0. The van der Waals surface area contributed by atoms with Gasteiger partial charge in [-0.15, -0.1) is 0 Å². The average Bonchev–Trinajstić information content (AvgIpc) is 3.67. The molecule has 2 aliphatic heterocycles. The largest absolute Gasteiger partial charge is 0.491 e. The van der Waals surface area contributed by atoms with Gasteiger partial charge in [0, 0.05) is 49.0 Å². The first-order chi connectivity index (χ1) is 22.9. The van der Waals surface area contributed by atoms with Gasteiger partial charge in [0.15, 0.2) is 17.2 Å². The lowest BCUT2D eigenvalue weighted by atomic mass is 9.79. The molecule has 6 aromatic rings. The predicted octanol–water partition coefficient (Wildman–Crippen LogP) is 4.83. The summed E-state index contributed by atoms with van der Waals surface area (Å²) in [6.45, 7) is 4.32. The van der Waals surface area contributed by atoms with Crippen LogP contribution in [-0.4, -0.2) is 57.7 Å². The van der Waals surface area contributed by atoms with Crippen LogP contribution in [0.25, 0.3) is 39.5 Å². The number of methoxy groups -OCH3 is 1. The monoisotopic (exact) mass is 625 g/mol. The third kappa shape index (κ3) is 5.05. The minimum Gasteiger partial charge on any atom is -0.491 e. The number of fused-ring (bicyclic) bond motifs is 1. The Hall–Kier alpha value is -5.35. The van der Waals surface area contributed by atoms with E-state index in [1.165, 1.54) is 12.7 Å². The van der Waals surface area contributed by atoms with E-state index in [0.717, 1.165) is 85.7 Å². The fourth-order valence-electron chi connectivity index (χ4n) is 7.50. The van der Waals surface area contributed by atoms with Crippen LogP contribution in [-0.2, 0) is 6.54 Å². The van der Waals surface area contributed by atoms with Gasteiger partial charge >= 0.3 is 0 Å². The van der Waals surface area contributed by atoms with Crippen LogP contribution in [0.5, 0.6) is 5.75 Å². The van der Waals surface area contributed by atoms with Crippen molar-refractivity contribution in [2.24, 2.45) is 5.41 Å². The van der Waals surface area contributed by atoms with E-state index in [4.69, 9.17) is 20.4 Å². The van der Waals surface area contributed by atoms with Gasteiger partial charge < -0.3 is 15.4 Å². The van der Waals surface area contributed by atoms with Crippen molar-refractivity contribution in [3.63, 3.8) is 0 Å². The lowest BCUT2D eigenvalue weighted by molar-refractivity contribution is 0.215. The molecule has 0 aliphatic carbocycles. The van der Waals surface area contributed by atoms with Crippen LogP contribution in [0.2, 0.25) is 0 Å². The van der Waals surface area contributed by atoms with E-state index in [2.05, 4.69) is 55.7 Å². The zero-order valence-electron chi connectivity index (χ0n) is 26.2. The standard InChI is InChI=1S/C37H35N7O3/c1-47-33-30(31(45)32(33)46)43-19-6-16-37(23-43)17-20-42(22-37)21-24-10-12-26(13-11-24)44-35(27-9-5-18-39-34(27)38)41-29-15-14-28(40-36(29)44)25-7-3-2-4-8-25/h2-5,7-15,18H,6,16-17,19-23H2,1H3,(H2,38,39). The molecule has 0 saturated carbocycles.